The number of halogens is 1. The van der Waals surface area contributed by atoms with Crippen molar-refractivity contribution in [2.75, 3.05) is 39.8 Å². The molecule has 26 heavy (non-hydrogen) atoms. The van der Waals surface area contributed by atoms with Gasteiger partial charge in [-0.15, -0.1) is 0 Å². The summed E-state index contributed by atoms with van der Waals surface area (Å²) in [7, 11) is 2.06. The van der Waals surface area contributed by atoms with Crippen molar-refractivity contribution in [3.8, 4) is 0 Å². The van der Waals surface area contributed by atoms with Crippen LogP contribution in [0.4, 0.5) is 0 Å². The molecule has 0 unspecified atom stereocenters. The average molecular weight is 379 g/mol. The van der Waals surface area contributed by atoms with E-state index in [-0.39, 0.29) is 6.61 Å². The summed E-state index contributed by atoms with van der Waals surface area (Å²) in [4.78, 5) is 34.1. The molecule has 3 rings (SSSR count). The van der Waals surface area contributed by atoms with E-state index in [0.29, 0.717) is 11.0 Å². The summed E-state index contributed by atoms with van der Waals surface area (Å²) in [5, 5.41) is 3.32. The number of nitrogens with zero attached hydrogens (tertiary/aromatic N) is 3. The predicted octanol–water partition coefficient (Wildman–Crippen LogP) is 1.29. The van der Waals surface area contributed by atoms with Crippen LogP contribution in [0.15, 0.2) is 29.3 Å². The minimum atomic E-state index is -1.02. The smallest absolute Gasteiger partial charge is 0.321 e. The van der Waals surface area contributed by atoms with Crippen LogP contribution >= 0.6 is 11.6 Å². The second kappa shape index (κ2) is 8.05. The van der Waals surface area contributed by atoms with Gasteiger partial charge in [0.05, 0.1) is 6.61 Å². The van der Waals surface area contributed by atoms with Crippen molar-refractivity contribution in [3.05, 3.63) is 34.9 Å². The molecular formula is C18H23ClN4O3. The predicted molar refractivity (Wildman–Crippen MR) is 99.0 cm³/mol. The summed E-state index contributed by atoms with van der Waals surface area (Å²) in [6, 6.07) is 6.45. The maximum atomic E-state index is 12.7. The number of amides is 1. The van der Waals surface area contributed by atoms with Gasteiger partial charge in [0.1, 0.15) is 6.04 Å². The van der Waals surface area contributed by atoms with Gasteiger partial charge in [-0.1, -0.05) is 23.7 Å². The number of aliphatic imine (C=N–C) groups is 1. The Hall–Kier alpha value is -2.12. The summed E-state index contributed by atoms with van der Waals surface area (Å²) in [5.41, 5.74) is 0.719. The molecule has 2 aliphatic heterocycles. The number of hydrogen-bond acceptors (Lipinski definition) is 6. The van der Waals surface area contributed by atoms with E-state index in [1.54, 1.807) is 25.1 Å². The van der Waals surface area contributed by atoms with E-state index in [1.165, 1.54) is 0 Å². The van der Waals surface area contributed by atoms with Crippen LogP contribution in [0.2, 0.25) is 5.02 Å². The van der Waals surface area contributed by atoms with Gasteiger partial charge in [0, 0.05) is 31.2 Å². The molecule has 1 N–H and O–H groups in total. The highest BCUT2D eigenvalue weighted by molar-refractivity contribution is 6.30. The first-order chi connectivity index (χ1) is 12.5. The Balaban J connectivity index is 1.95. The van der Waals surface area contributed by atoms with Crippen LogP contribution < -0.4 is 5.32 Å². The molecule has 8 heteroatoms. The Kier molecular flexibility index (Phi) is 5.78. The fourth-order valence-electron chi connectivity index (χ4n) is 3.17. The molecule has 0 aromatic heterocycles. The molecule has 0 spiro atoms. The minimum absolute atomic E-state index is 0.208. The molecule has 1 amide bonds. The first-order valence-corrected chi connectivity index (χ1v) is 9.11. The van der Waals surface area contributed by atoms with E-state index >= 15 is 0 Å². The lowest BCUT2D eigenvalue weighted by Crippen LogP contribution is -2.56. The summed E-state index contributed by atoms with van der Waals surface area (Å²) >= 11 is 6.11. The molecule has 2 aliphatic rings. The fraction of sp³-hybridized carbons (Fsp3) is 0.500. The quantitative estimate of drug-likeness (QED) is 0.633. The van der Waals surface area contributed by atoms with E-state index in [0.717, 1.165) is 31.7 Å². The minimum Gasteiger partial charge on any atom is -0.465 e. The molecule has 0 aliphatic carbocycles. The maximum absolute atomic E-state index is 12.7. The summed E-state index contributed by atoms with van der Waals surface area (Å²) in [5.74, 6) is -1.48. The van der Waals surface area contributed by atoms with Gasteiger partial charge in [-0.05, 0) is 31.7 Å². The van der Waals surface area contributed by atoms with Gasteiger partial charge in [-0.2, -0.15) is 0 Å². The third-order valence-corrected chi connectivity index (χ3v) is 4.86. The molecule has 1 aromatic rings. The summed E-state index contributed by atoms with van der Waals surface area (Å²) < 4.78 is 5.11. The lowest BCUT2D eigenvalue weighted by molar-refractivity contribution is -0.153. The van der Waals surface area contributed by atoms with Crippen LogP contribution in [0.25, 0.3) is 0 Å². The molecule has 140 valence electrons. The van der Waals surface area contributed by atoms with E-state index in [2.05, 4.69) is 17.3 Å². The Morgan fingerprint density at radius 2 is 2.08 bits per heavy atom. The van der Waals surface area contributed by atoms with Gasteiger partial charge in [0.15, 0.2) is 5.92 Å². The highest BCUT2D eigenvalue weighted by Crippen LogP contribution is 2.32. The number of ether oxygens (including phenoxy) is 1. The average Bonchev–Trinajstić information content (AvgIpc) is 2.61. The number of esters is 1. The van der Waals surface area contributed by atoms with Crippen molar-refractivity contribution >= 4 is 29.4 Å². The zero-order valence-electron chi connectivity index (χ0n) is 14.9. The van der Waals surface area contributed by atoms with E-state index < -0.39 is 23.8 Å². The van der Waals surface area contributed by atoms with Crippen molar-refractivity contribution in [3.63, 3.8) is 0 Å². The van der Waals surface area contributed by atoms with Crippen LogP contribution in [0.5, 0.6) is 0 Å². The second-order valence-corrected chi connectivity index (χ2v) is 6.90. The van der Waals surface area contributed by atoms with Gasteiger partial charge in [0.2, 0.25) is 11.9 Å². The van der Waals surface area contributed by atoms with Crippen molar-refractivity contribution in [1.29, 1.82) is 0 Å². The molecule has 1 fully saturated rings. The number of benzene rings is 1. The zero-order chi connectivity index (χ0) is 18.7. The molecule has 2 atom stereocenters. The highest BCUT2D eigenvalue weighted by Gasteiger charge is 2.42. The molecule has 0 bridgehead atoms. The topological polar surface area (TPSA) is 74.2 Å². The number of piperazine rings is 1. The van der Waals surface area contributed by atoms with Gasteiger partial charge >= 0.3 is 5.97 Å². The van der Waals surface area contributed by atoms with Crippen molar-refractivity contribution < 1.29 is 14.3 Å². The van der Waals surface area contributed by atoms with Crippen LogP contribution in [0.1, 0.15) is 18.5 Å². The number of guanidine groups is 1. The third-order valence-electron chi connectivity index (χ3n) is 4.63. The second-order valence-electron chi connectivity index (χ2n) is 6.46. The van der Waals surface area contributed by atoms with Crippen LogP contribution in [0.3, 0.4) is 0 Å². The number of carbonyl (C=O) groups excluding carboxylic acids is 2. The first-order valence-electron chi connectivity index (χ1n) is 8.74. The largest absolute Gasteiger partial charge is 0.465 e. The molecule has 2 heterocycles. The van der Waals surface area contributed by atoms with E-state index in [4.69, 9.17) is 21.3 Å². The lowest BCUT2D eigenvalue weighted by Gasteiger charge is -2.37. The van der Waals surface area contributed by atoms with Gasteiger partial charge in [-0.3, -0.25) is 14.9 Å². The molecule has 0 saturated carbocycles. The van der Waals surface area contributed by atoms with Crippen molar-refractivity contribution in [2.45, 2.75) is 13.0 Å². The first kappa shape index (κ1) is 18.7. The number of hydrogen-bond donors (Lipinski definition) is 1. The molecular weight excluding hydrogens is 356 g/mol. The van der Waals surface area contributed by atoms with Gasteiger partial charge < -0.3 is 14.5 Å². The maximum Gasteiger partial charge on any atom is 0.321 e. The standard InChI is InChI=1S/C18H23ClN4O3/c1-3-26-17(25)14-15(12-5-4-6-13(19)11-12)20-18(21-16(14)24)23-9-7-22(2)8-10-23/h4-6,11,14-15H,3,7-10H2,1-2H3,(H,20,21,24)/t14-,15+/m0/s1. The number of rotatable bonds is 3. The third kappa shape index (κ3) is 3.99. The van der Waals surface area contributed by atoms with Crippen molar-refractivity contribution in [2.24, 2.45) is 10.9 Å². The van der Waals surface area contributed by atoms with Crippen LogP contribution in [-0.2, 0) is 14.3 Å². The monoisotopic (exact) mass is 378 g/mol. The molecule has 1 saturated heterocycles. The van der Waals surface area contributed by atoms with E-state index in [9.17, 15) is 9.59 Å². The SMILES string of the molecule is CCOC(=O)[C@@H]1C(=O)NC(N2CCN(C)CC2)=N[C@@H]1c1cccc(Cl)c1. The van der Waals surface area contributed by atoms with Gasteiger partial charge in [0.25, 0.3) is 0 Å². The van der Waals surface area contributed by atoms with Crippen LogP contribution in [-0.4, -0.2) is 67.5 Å². The number of likely N-dealkylation sites (N-methyl/N-ethyl adjacent to an activating group) is 1. The highest BCUT2D eigenvalue weighted by atomic mass is 35.5. The summed E-state index contributed by atoms with van der Waals surface area (Å²) in [6.07, 6.45) is 0. The Morgan fingerprint density at radius 3 is 2.73 bits per heavy atom. The molecule has 0 radical (unpaired) electrons. The van der Waals surface area contributed by atoms with Crippen molar-refractivity contribution in [1.82, 2.24) is 15.1 Å². The van der Waals surface area contributed by atoms with Gasteiger partial charge in [-0.25, -0.2) is 4.99 Å². The molecule has 7 nitrogen and oxygen atoms in total. The van der Waals surface area contributed by atoms with Crippen LogP contribution in [0, 0.1) is 5.92 Å². The van der Waals surface area contributed by atoms with E-state index in [1.807, 2.05) is 11.0 Å². The Bertz CT molecular complexity index is 716. The molecule has 1 aromatic carbocycles. The summed E-state index contributed by atoms with van der Waals surface area (Å²) in [6.45, 7) is 5.23. The lowest BCUT2D eigenvalue weighted by atomic mass is 9.91. The number of nitrogens with one attached hydrogen (secondary N) is 1. The normalized spacial score (nSPS) is 24.0. The number of carbonyl (C=O) groups is 2. The Labute approximate surface area is 158 Å². The fourth-order valence-corrected chi connectivity index (χ4v) is 3.37. The Morgan fingerprint density at radius 1 is 1.35 bits per heavy atom. The zero-order valence-corrected chi connectivity index (χ0v) is 15.7.